The summed E-state index contributed by atoms with van der Waals surface area (Å²) in [5.74, 6) is 0.236. The van der Waals surface area contributed by atoms with Gasteiger partial charge in [0.1, 0.15) is 5.75 Å². The van der Waals surface area contributed by atoms with Gasteiger partial charge in [0.05, 0.1) is 22.4 Å². The minimum absolute atomic E-state index is 0.236. The highest BCUT2D eigenvalue weighted by molar-refractivity contribution is 6.28. The summed E-state index contributed by atoms with van der Waals surface area (Å²) in [5, 5.41) is 17.0. The molecule has 9 aromatic carbocycles. The fraction of sp³-hybridized carbons (Fsp3) is 0. The van der Waals surface area contributed by atoms with Crippen LogP contribution >= 0.6 is 0 Å². The van der Waals surface area contributed by atoms with Crippen LogP contribution in [-0.2, 0) is 0 Å². The Hall–Kier alpha value is -7.88. The molecular weight excluding hydrogens is 717 g/mol. The van der Waals surface area contributed by atoms with Gasteiger partial charge in [0.15, 0.2) is 0 Å². The molecule has 12 rings (SSSR count). The maximum atomic E-state index is 9.83. The van der Waals surface area contributed by atoms with Crippen molar-refractivity contribution in [2.75, 3.05) is 0 Å². The number of hydrogen-bond donors (Lipinski definition) is 1. The smallest absolute Gasteiger partial charge is 0.115 e. The van der Waals surface area contributed by atoms with Gasteiger partial charge in [-0.25, -0.2) is 9.97 Å². The Kier molecular flexibility index (Phi) is 7.38. The number of rotatable bonds is 5. The van der Waals surface area contributed by atoms with Crippen LogP contribution in [0.5, 0.6) is 5.75 Å². The molecule has 11 aromatic rings. The number of nitrogens with zero attached hydrogens (tertiary/aromatic N) is 2. The topological polar surface area (TPSA) is 46.0 Å². The molecule has 0 bridgehead atoms. The van der Waals surface area contributed by atoms with E-state index in [2.05, 4.69) is 170 Å². The van der Waals surface area contributed by atoms with Crippen LogP contribution in [-0.4, -0.2) is 15.1 Å². The lowest BCUT2D eigenvalue weighted by Crippen LogP contribution is -1.93. The van der Waals surface area contributed by atoms with E-state index in [4.69, 9.17) is 9.97 Å². The van der Waals surface area contributed by atoms with Crippen LogP contribution in [0.3, 0.4) is 0 Å². The Labute approximate surface area is 341 Å². The fourth-order valence-corrected chi connectivity index (χ4v) is 9.40. The molecule has 2 heterocycles. The van der Waals surface area contributed by atoms with Crippen molar-refractivity contribution < 1.29 is 5.11 Å². The second kappa shape index (κ2) is 13.1. The second-order valence-corrected chi connectivity index (χ2v) is 15.4. The summed E-state index contributed by atoms with van der Waals surface area (Å²) in [4.78, 5) is 10.3. The van der Waals surface area contributed by atoms with Crippen LogP contribution in [0.15, 0.2) is 200 Å². The summed E-state index contributed by atoms with van der Waals surface area (Å²) in [6.45, 7) is 0. The van der Waals surface area contributed by atoms with Crippen LogP contribution in [0.4, 0.5) is 0 Å². The van der Waals surface area contributed by atoms with Crippen molar-refractivity contribution in [1.82, 2.24) is 9.97 Å². The highest BCUT2D eigenvalue weighted by Gasteiger charge is 2.31. The van der Waals surface area contributed by atoms with E-state index in [1.54, 1.807) is 12.1 Å². The van der Waals surface area contributed by atoms with Crippen molar-refractivity contribution in [2.24, 2.45) is 0 Å². The number of phenols is 1. The Morgan fingerprint density at radius 3 is 1.29 bits per heavy atom. The summed E-state index contributed by atoms with van der Waals surface area (Å²) < 4.78 is 0. The Balaban J connectivity index is 1.00. The highest BCUT2D eigenvalue weighted by atomic mass is 16.3. The van der Waals surface area contributed by atoms with Gasteiger partial charge in [-0.2, -0.15) is 0 Å². The van der Waals surface area contributed by atoms with E-state index in [9.17, 15) is 5.11 Å². The standard InChI is InChI=1S/C56H34N2O/c59-41-28-24-36(25-29-41)49-33-27-40-23-22-39-26-32-48(57-55(39)56(40)58-49)35-20-18-34(19-21-35)42-30-31-47-52-43(42)16-9-17-46(52)53-50(37-10-3-1-4-11-37)44-14-7-8-15-45(44)51(54(47)53)38-12-5-2-6-13-38/h1-33,59H. The van der Waals surface area contributed by atoms with Gasteiger partial charge in [0, 0.05) is 21.9 Å². The van der Waals surface area contributed by atoms with E-state index in [0.717, 1.165) is 49.9 Å². The van der Waals surface area contributed by atoms with E-state index >= 15 is 0 Å². The van der Waals surface area contributed by atoms with E-state index in [1.807, 2.05) is 18.2 Å². The number of fused-ring (bicyclic) bond motifs is 7. The van der Waals surface area contributed by atoms with Crippen LogP contribution in [0.25, 0.3) is 122 Å². The first kappa shape index (κ1) is 33.3. The lowest BCUT2D eigenvalue weighted by atomic mass is 9.82. The largest absolute Gasteiger partial charge is 0.508 e. The molecule has 0 radical (unpaired) electrons. The minimum Gasteiger partial charge on any atom is -0.508 e. The van der Waals surface area contributed by atoms with Crippen LogP contribution < -0.4 is 0 Å². The van der Waals surface area contributed by atoms with Gasteiger partial charge >= 0.3 is 0 Å². The molecule has 59 heavy (non-hydrogen) atoms. The van der Waals surface area contributed by atoms with Gasteiger partial charge in [0.2, 0.25) is 0 Å². The zero-order valence-corrected chi connectivity index (χ0v) is 31.9. The Morgan fingerprint density at radius 2 is 0.729 bits per heavy atom. The summed E-state index contributed by atoms with van der Waals surface area (Å²) in [6.07, 6.45) is 0. The average Bonchev–Trinajstić information content (AvgIpc) is 3.63. The van der Waals surface area contributed by atoms with Crippen molar-refractivity contribution in [2.45, 2.75) is 0 Å². The number of aromatic nitrogens is 2. The summed E-state index contributed by atoms with van der Waals surface area (Å²) in [5.41, 5.74) is 18.0. The van der Waals surface area contributed by atoms with Crippen molar-refractivity contribution in [3.63, 3.8) is 0 Å². The molecular formula is C56H34N2O. The average molecular weight is 751 g/mol. The molecule has 274 valence electrons. The van der Waals surface area contributed by atoms with Gasteiger partial charge in [-0.1, -0.05) is 164 Å². The Morgan fingerprint density at radius 1 is 0.288 bits per heavy atom. The Bertz CT molecular complexity index is 3370. The van der Waals surface area contributed by atoms with Gasteiger partial charge in [-0.15, -0.1) is 0 Å². The van der Waals surface area contributed by atoms with Gasteiger partial charge in [0.25, 0.3) is 0 Å². The van der Waals surface area contributed by atoms with Crippen molar-refractivity contribution >= 4 is 43.4 Å². The molecule has 3 heteroatoms. The minimum atomic E-state index is 0.236. The molecule has 1 aliphatic carbocycles. The molecule has 0 saturated heterocycles. The normalized spacial score (nSPS) is 11.8. The number of hydrogen-bond acceptors (Lipinski definition) is 3. The fourth-order valence-electron chi connectivity index (χ4n) is 9.40. The van der Waals surface area contributed by atoms with E-state index < -0.39 is 0 Å². The molecule has 0 saturated carbocycles. The lowest BCUT2D eigenvalue weighted by molar-refractivity contribution is 0.475. The van der Waals surface area contributed by atoms with Gasteiger partial charge in [-0.3, -0.25) is 0 Å². The maximum Gasteiger partial charge on any atom is 0.115 e. The molecule has 0 unspecified atom stereocenters. The predicted molar refractivity (Wildman–Crippen MR) is 245 cm³/mol. The molecule has 0 atom stereocenters. The summed E-state index contributed by atoms with van der Waals surface area (Å²) >= 11 is 0. The van der Waals surface area contributed by atoms with Crippen LogP contribution in [0.1, 0.15) is 0 Å². The summed E-state index contributed by atoms with van der Waals surface area (Å²) in [6, 6.07) is 70.8. The van der Waals surface area contributed by atoms with Crippen LogP contribution in [0, 0.1) is 0 Å². The molecule has 1 N–H and O–H groups in total. The molecule has 0 amide bonds. The number of aromatic hydroxyl groups is 1. The molecule has 0 aliphatic heterocycles. The number of pyridine rings is 2. The third kappa shape index (κ3) is 5.22. The number of benzene rings is 9. The van der Waals surface area contributed by atoms with E-state index in [1.165, 1.54) is 71.6 Å². The highest BCUT2D eigenvalue weighted by Crippen LogP contribution is 2.58. The first-order chi connectivity index (χ1) is 29.2. The summed E-state index contributed by atoms with van der Waals surface area (Å²) in [7, 11) is 0. The predicted octanol–water partition coefficient (Wildman–Crippen LogP) is 14.8. The maximum absolute atomic E-state index is 9.83. The zero-order valence-electron chi connectivity index (χ0n) is 31.9. The molecule has 0 fully saturated rings. The third-order valence-electron chi connectivity index (χ3n) is 12.1. The lowest BCUT2D eigenvalue weighted by Gasteiger charge is -2.20. The van der Waals surface area contributed by atoms with Gasteiger partial charge < -0.3 is 5.11 Å². The first-order valence-electron chi connectivity index (χ1n) is 20.0. The van der Waals surface area contributed by atoms with Crippen molar-refractivity contribution in [3.8, 4) is 83.9 Å². The third-order valence-corrected chi connectivity index (χ3v) is 12.1. The van der Waals surface area contributed by atoms with E-state index in [0.29, 0.717) is 0 Å². The number of phenolic OH excluding ortho intramolecular Hbond substituents is 1. The van der Waals surface area contributed by atoms with Crippen LogP contribution in [0.2, 0.25) is 0 Å². The SMILES string of the molecule is Oc1ccc(-c2ccc3ccc4ccc(-c5ccc(-c6ccc7c8c(cccc68)-c6c-7c(-c7ccccc7)c7ccccc7c6-c6ccccc6)cc5)nc4c3n2)cc1. The monoisotopic (exact) mass is 750 g/mol. The van der Waals surface area contributed by atoms with Gasteiger partial charge in [-0.05, 0) is 114 Å². The molecule has 1 aliphatic rings. The molecule has 2 aromatic heterocycles. The molecule has 0 spiro atoms. The quantitative estimate of drug-likeness (QED) is 0.178. The van der Waals surface area contributed by atoms with Crippen molar-refractivity contribution in [1.29, 1.82) is 0 Å². The zero-order chi connectivity index (χ0) is 39.0. The first-order valence-corrected chi connectivity index (χ1v) is 20.0. The molecule has 3 nitrogen and oxygen atoms in total. The van der Waals surface area contributed by atoms with Crippen molar-refractivity contribution in [3.05, 3.63) is 200 Å². The van der Waals surface area contributed by atoms with E-state index in [-0.39, 0.29) is 5.75 Å². The second-order valence-electron chi connectivity index (χ2n) is 15.4.